The summed E-state index contributed by atoms with van der Waals surface area (Å²) in [6.07, 6.45) is 2.63. The maximum Gasteiger partial charge on any atom is 0.285 e. The second kappa shape index (κ2) is 3.37. The molecular weight excluding hydrogens is 170 g/mol. The summed E-state index contributed by atoms with van der Waals surface area (Å²) in [6, 6.07) is 0. The van der Waals surface area contributed by atoms with Crippen LogP contribution >= 0.6 is 0 Å². The van der Waals surface area contributed by atoms with E-state index in [4.69, 9.17) is 0 Å². The van der Waals surface area contributed by atoms with Crippen molar-refractivity contribution in [3.8, 4) is 0 Å². The molecule has 1 heterocycles. The maximum atomic E-state index is 11.4. The Hall–Kier alpha value is -1.68. The van der Waals surface area contributed by atoms with Gasteiger partial charge in [-0.25, -0.2) is 0 Å². The number of nitrogens with zero attached hydrogens (tertiary/aromatic N) is 1. The van der Waals surface area contributed by atoms with Crippen molar-refractivity contribution >= 4 is 11.8 Å². The van der Waals surface area contributed by atoms with E-state index in [-0.39, 0.29) is 11.1 Å². The Morgan fingerprint density at radius 1 is 1.15 bits per heavy atom. The van der Waals surface area contributed by atoms with Crippen LogP contribution in [0.15, 0.2) is 36.5 Å². The molecule has 0 saturated heterocycles. The summed E-state index contributed by atoms with van der Waals surface area (Å²) >= 11 is 0. The van der Waals surface area contributed by atoms with Crippen LogP contribution in [0.1, 0.15) is 0 Å². The molecule has 0 saturated carbocycles. The molecule has 4 heteroatoms. The minimum Gasteiger partial charge on any atom is -0.266 e. The Balaban J connectivity index is 3.20. The minimum atomic E-state index is -0.502. The zero-order valence-corrected chi connectivity index (χ0v) is 7.24. The van der Waals surface area contributed by atoms with E-state index in [0.717, 1.165) is 0 Å². The van der Waals surface area contributed by atoms with Gasteiger partial charge in [0.25, 0.3) is 11.8 Å². The monoisotopic (exact) mass is 179 g/mol. The molecule has 0 bridgehead atoms. The number of hydrogen-bond donors (Lipinski definition) is 0. The number of rotatable bonds is 3. The van der Waals surface area contributed by atoms with Gasteiger partial charge in [-0.1, -0.05) is 25.3 Å². The zero-order valence-electron chi connectivity index (χ0n) is 7.24. The van der Waals surface area contributed by atoms with Gasteiger partial charge in [0.1, 0.15) is 0 Å². The van der Waals surface area contributed by atoms with Gasteiger partial charge in [-0.3, -0.25) is 14.4 Å². The van der Waals surface area contributed by atoms with Crippen LogP contribution in [0.25, 0.3) is 0 Å². The standard InChI is InChI=1S/C9H9NO3/c1-4-6-7(5-2)9(12)10(13-3)8(6)11/h4-5H,1-2H2,3H3. The van der Waals surface area contributed by atoms with Crippen LogP contribution in [-0.2, 0) is 14.4 Å². The van der Waals surface area contributed by atoms with Crippen LogP contribution in [0, 0.1) is 0 Å². The molecule has 0 aromatic heterocycles. The highest BCUT2D eigenvalue weighted by Crippen LogP contribution is 2.21. The fourth-order valence-corrected chi connectivity index (χ4v) is 1.10. The summed E-state index contributed by atoms with van der Waals surface area (Å²) in [4.78, 5) is 27.3. The lowest BCUT2D eigenvalue weighted by Gasteiger charge is -2.09. The third-order valence-electron chi connectivity index (χ3n) is 1.71. The first-order valence-electron chi connectivity index (χ1n) is 3.59. The fraction of sp³-hybridized carbons (Fsp3) is 0.111. The van der Waals surface area contributed by atoms with E-state index in [2.05, 4.69) is 18.0 Å². The Morgan fingerprint density at radius 3 is 1.77 bits per heavy atom. The molecule has 0 aromatic rings. The predicted molar refractivity (Wildman–Crippen MR) is 46.3 cm³/mol. The molecular formula is C9H9NO3. The Kier molecular flexibility index (Phi) is 2.44. The van der Waals surface area contributed by atoms with E-state index in [1.54, 1.807) is 0 Å². The van der Waals surface area contributed by atoms with Gasteiger partial charge in [-0.05, 0) is 0 Å². The highest BCUT2D eigenvalue weighted by Gasteiger charge is 2.35. The third-order valence-corrected chi connectivity index (χ3v) is 1.71. The molecule has 1 rings (SSSR count). The molecule has 1 aliphatic rings. The topological polar surface area (TPSA) is 46.6 Å². The molecule has 0 atom stereocenters. The molecule has 0 radical (unpaired) electrons. The smallest absolute Gasteiger partial charge is 0.266 e. The summed E-state index contributed by atoms with van der Waals surface area (Å²) in [7, 11) is 1.25. The Labute approximate surface area is 75.7 Å². The van der Waals surface area contributed by atoms with E-state index in [0.29, 0.717) is 5.06 Å². The van der Waals surface area contributed by atoms with Crippen molar-refractivity contribution in [3.63, 3.8) is 0 Å². The first-order chi connectivity index (χ1) is 6.17. The van der Waals surface area contributed by atoms with Crippen molar-refractivity contribution in [2.45, 2.75) is 0 Å². The first-order valence-corrected chi connectivity index (χ1v) is 3.59. The van der Waals surface area contributed by atoms with E-state index >= 15 is 0 Å². The molecule has 0 N–H and O–H groups in total. The molecule has 0 unspecified atom stereocenters. The quantitative estimate of drug-likeness (QED) is 0.595. The first kappa shape index (κ1) is 9.41. The van der Waals surface area contributed by atoms with Crippen LogP contribution < -0.4 is 0 Å². The number of carbonyl (C=O) groups excluding carboxylic acids is 2. The highest BCUT2D eigenvalue weighted by molar-refractivity contribution is 6.21. The number of amides is 2. The predicted octanol–water partition coefficient (Wildman–Crippen LogP) is 0.585. The van der Waals surface area contributed by atoms with Crippen LogP contribution in [0.5, 0.6) is 0 Å². The van der Waals surface area contributed by atoms with Crippen LogP contribution in [0.2, 0.25) is 0 Å². The van der Waals surface area contributed by atoms with Crippen molar-refractivity contribution in [1.29, 1.82) is 0 Å². The van der Waals surface area contributed by atoms with E-state index in [1.165, 1.54) is 19.3 Å². The average molecular weight is 179 g/mol. The van der Waals surface area contributed by atoms with Gasteiger partial charge in [-0.15, -0.1) is 5.06 Å². The Morgan fingerprint density at radius 2 is 1.54 bits per heavy atom. The van der Waals surface area contributed by atoms with Crippen molar-refractivity contribution < 1.29 is 14.4 Å². The summed E-state index contributed by atoms with van der Waals surface area (Å²) < 4.78 is 0. The molecule has 0 aliphatic carbocycles. The molecule has 0 aromatic carbocycles. The van der Waals surface area contributed by atoms with Gasteiger partial charge >= 0.3 is 0 Å². The summed E-state index contributed by atoms with van der Waals surface area (Å²) in [6.45, 7) is 6.87. The summed E-state index contributed by atoms with van der Waals surface area (Å²) in [5, 5.41) is 0.675. The van der Waals surface area contributed by atoms with Gasteiger partial charge in [0.05, 0.1) is 18.3 Å². The van der Waals surface area contributed by atoms with Gasteiger partial charge < -0.3 is 0 Å². The van der Waals surface area contributed by atoms with E-state index in [9.17, 15) is 9.59 Å². The van der Waals surface area contributed by atoms with Gasteiger partial charge in [0, 0.05) is 0 Å². The van der Waals surface area contributed by atoms with Gasteiger partial charge in [-0.2, -0.15) is 0 Å². The fourth-order valence-electron chi connectivity index (χ4n) is 1.10. The minimum absolute atomic E-state index is 0.224. The third kappa shape index (κ3) is 1.21. The second-order valence-corrected chi connectivity index (χ2v) is 2.32. The highest BCUT2D eigenvalue weighted by atomic mass is 16.7. The molecule has 13 heavy (non-hydrogen) atoms. The molecule has 68 valence electrons. The van der Waals surface area contributed by atoms with E-state index in [1.807, 2.05) is 0 Å². The molecule has 2 amide bonds. The zero-order chi connectivity index (χ0) is 10.0. The number of carbonyl (C=O) groups is 2. The van der Waals surface area contributed by atoms with E-state index < -0.39 is 11.8 Å². The Bertz CT molecular complexity index is 298. The molecule has 0 fully saturated rings. The molecule has 4 nitrogen and oxygen atoms in total. The van der Waals surface area contributed by atoms with Gasteiger partial charge in [0.15, 0.2) is 0 Å². The molecule has 1 aliphatic heterocycles. The van der Waals surface area contributed by atoms with Crippen LogP contribution in [0.4, 0.5) is 0 Å². The van der Waals surface area contributed by atoms with Crippen molar-refractivity contribution in [2.24, 2.45) is 0 Å². The normalized spacial score (nSPS) is 16.8. The van der Waals surface area contributed by atoms with Crippen molar-refractivity contribution in [3.05, 3.63) is 36.5 Å². The average Bonchev–Trinajstić information content (AvgIpc) is 2.36. The number of hydrogen-bond acceptors (Lipinski definition) is 3. The molecule has 0 spiro atoms. The largest absolute Gasteiger partial charge is 0.285 e. The second-order valence-electron chi connectivity index (χ2n) is 2.32. The SMILES string of the molecule is C=CC1=C(C=C)C(=O)N(OC)C1=O. The lowest BCUT2D eigenvalue weighted by molar-refractivity contribution is -0.178. The number of imide groups is 1. The summed E-state index contributed by atoms with van der Waals surface area (Å²) in [5.41, 5.74) is 0.448. The van der Waals surface area contributed by atoms with Crippen molar-refractivity contribution in [2.75, 3.05) is 7.11 Å². The van der Waals surface area contributed by atoms with Crippen LogP contribution in [-0.4, -0.2) is 24.0 Å². The van der Waals surface area contributed by atoms with Crippen molar-refractivity contribution in [1.82, 2.24) is 5.06 Å². The summed E-state index contributed by atoms with van der Waals surface area (Å²) in [5.74, 6) is -1.00. The number of hydroxylamine groups is 2. The lowest BCUT2D eigenvalue weighted by Crippen LogP contribution is -2.30. The maximum absolute atomic E-state index is 11.4. The lowest BCUT2D eigenvalue weighted by atomic mass is 10.1. The van der Waals surface area contributed by atoms with Crippen LogP contribution in [0.3, 0.4) is 0 Å². The van der Waals surface area contributed by atoms with Gasteiger partial charge in [0.2, 0.25) is 0 Å².